The largest absolute Gasteiger partial charge is 0.350 e. The predicted octanol–water partition coefficient (Wildman–Crippen LogP) is 4.94. The summed E-state index contributed by atoms with van der Waals surface area (Å²) in [5.74, 6) is -0.608. The summed E-state index contributed by atoms with van der Waals surface area (Å²) in [6.45, 7) is 11.0. The first-order valence-corrected chi connectivity index (χ1v) is 14.5. The molecule has 0 aliphatic heterocycles. The zero-order valence-electron chi connectivity index (χ0n) is 23.3. The molecule has 9 heteroatoms. The molecule has 0 saturated heterocycles. The average Bonchev–Trinajstić information content (AvgIpc) is 3.26. The van der Waals surface area contributed by atoms with E-state index >= 15 is 0 Å². The quantitative estimate of drug-likeness (QED) is 0.344. The molecule has 4 aromatic rings. The van der Waals surface area contributed by atoms with Crippen LogP contribution in [0.1, 0.15) is 69.7 Å². The zero-order chi connectivity index (χ0) is 28.0. The van der Waals surface area contributed by atoms with Crippen LogP contribution in [0.25, 0.3) is 21.9 Å². The summed E-state index contributed by atoms with van der Waals surface area (Å²) >= 11 is 0. The minimum atomic E-state index is -3.85. The molecule has 1 N–H and O–H groups in total. The van der Waals surface area contributed by atoms with Crippen molar-refractivity contribution in [2.75, 3.05) is 0 Å². The molecule has 0 radical (unpaired) electrons. The van der Waals surface area contributed by atoms with E-state index in [0.29, 0.717) is 13.0 Å². The first kappa shape index (κ1) is 27.7. The molecule has 0 aliphatic carbocycles. The monoisotopic (exact) mass is 538 g/mol. The van der Waals surface area contributed by atoms with Crippen LogP contribution in [0.5, 0.6) is 0 Å². The van der Waals surface area contributed by atoms with Gasteiger partial charge in [0.1, 0.15) is 0 Å². The first-order chi connectivity index (χ1) is 17.7. The Morgan fingerprint density at radius 3 is 2.42 bits per heavy atom. The number of amides is 1. The van der Waals surface area contributed by atoms with Gasteiger partial charge in [-0.25, -0.2) is 13.2 Å². The van der Waals surface area contributed by atoms with Gasteiger partial charge in [0.05, 0.1) is 22.3 Å². The number of benzene rings is 2. The van der Waals surface area contributed by atoms with Gasteiger partial charge >= 0.3 is 5.69 Å². The van der Waals surface area contributed by atoms with Crippen molar-refractivity contribution >= 4 is 37.9 Å². The number of hydrogen-bond acceptors (Lipinski definition) is 4. The lowest BCUT2D eigenvalue weighted by Gasteiger charge is -2.22. The van der Waals surface area contributed by atoms with Crippen molar-refractivity contribution in [3.05, 3.63) is 69.8 Å². The minimum Gasteiger partial charge on any atom is -0.350 e. The summed E-state index contributed by atoms with van der Waals surface area (Å²) in [5, 5.41) is 1.13. The third-order valence-corrected chi connectivity index (χ3v) is 9.32. The van der Waals surface area contributed by atoms with E-state index in [1.165, 1.54) is 0 Å². The van der Waals surface area contributed by atoms with E-state index in [4.69, 9.17) is 0 Å². The highest BCUT2D eigenvalue weighted by Crippen LogP contribution is 2.28. The fraction of sp³-hybridized carbons (Fsp3) is 0.448. The van der Waals surface area contributed by atoms with Gasteiger partial charge in [-0.05, 0) is 75.9 Å². The van der Waals surface area contributed by atoms with Crippen LogP contribution in [0, 0.1) is 13.8 Å². The lowest BCUT2D eigenvalue weighted by molar-refractivity contribution is -0.120. The summed E-state index contributed by atoms with van der Waals surface area (Å²) in [5.41, 5.74) is 5.62. The molecule has 2 heterocycles. The third kappa shape index (κ3) is 5.04. The molecular formula is C29H38N4O4S. The van der Waals surface area contributed by atoms with Gasteiger partial charge < -0.3 is 4.57 Å². The second-order valence-corrected chi connectivity index (χ2v) is 13.7. The smallest absolute Gasteiger partial charge is 0.329 e. The molecule has 8 nitrogen and oxygen atoms in total. The SMILES string of the molecule is CCCC(CC(=O)NS(=O)(=O)C(C)(C)C)n1c(=O)n(Cc2cn(C)c3cccc(C)c23)c2ccc(C)cc21. The van der Waals surface area contributed by atoms with Crippen LogP contribution in [0.15, 0.2) is 47.4 Å². The second-order valence-electron chi connectivity index (χ2n) is 11.3. The summed E-state index contributed by atoms with van der Waals surface area (Å²) in [6.07, 6.45) is 3.25. The molecule has 4 rings (SSSR count). The highest BCUT2D eigenvalue weighted by molar-refractivity contribution is 7.91. The van der Waals surface area contributed by atoms with E-state index in [1.807, 2.05) is 45.2 Å². The maximum atomic E-state index is 14.0. The van der Waals surface area contributed by atoms with Crippen molar-refractivity contribution in [3.63, 3.8) is 0 Å². The van der Waals surface area contributed by atoms with Gasteiger partial charge in [0.25, 0.3) is 0 Å². The molecule has 2 aromatic heterocycles. The molecule has 0 fully saturated rings. The highest BCUT2D eigenvalue weighted by Gasteiger charge is 2.32. The topological polar surface area (TPSA) is 95.1 Å². The van der Waals surface area contributed by atoms with Gasteiger partial charge in [-0.3, -0.25) is 18.7 Å². The molecule has 1 amide bonds. The van der Waals surface area contributed by atoms with E-state index in [9.17, 15) is 18.0 Å². The number of nitrogens with zero attached hydrogens (tertiary/aromatic N) is 3. The minimum absolute atomic E-state index is 0.108. The van der Waals surface area contributed by atoms with Crippen LogP contribution in [-0.2, 0) is 28.4 Å². The fourth-order valence-electron chi connectivity index (χ4n) is 5.13. The number of nitrogens with one attached hydrogen (secondary N) is 1. The Morgan fingerprint density at radius 1 is 1.05 bits per heavy atom. The molecule has 0 saturated carbocycles. The van der Waals surface area contributed by atoms with Crippen molar-refractivity contribution in [2.24, 2.45) is 7.05 Å². The van der Waals surface area contributed by atoms with Gasteiger partial charge in [0.15, 0.2) is 0 Å². The Labute approximate surface area is 224 Å². The predicted molar refractivity (Wildman–Crippen MR) is 153 cm³/mol. The lowest BCUT2D eigenvalue weighted by atomic mass is 10.1. The molecule has 0 bridgehead atoms. The normalized spacial score (nSPS) is 13.3. The van der Waals surface area contributed by atoms with Crippen LogP contribution in [0.4, 0.5) is 0 Å². The molecule has 1 unspecified atom stereocenters. The fourth-order valence-corrected chi connectivity index (χ4v) is 5.82. The maximum Gasteiger partial charge on any atom is 0.329 e. The van der Waals surface area contributed by atoms with E-state index in [-0.39, 0.29) is 12.1 Å². The Kier molecular flexibility index (Phi) is 7.36. The number of hydrogen-bond donors (Lipinski definition) is 1. The van der Waals surface area contributed by atoms with Crippen LogP contribution in [0.2, 0.25) is 0 Å². The Hall–Kier alpha value is -3.33. The second kappa shape index (κ2) is 10.1. The van der Waals surface area contributed by atoms with Crippen molar-refractivity contribution in [2.45, 2.75) is 78.1 Å². The molecule has 0 aliphatic rings. The summed E-state index contributed by atoms with van der Waals surface area (Å²) < 4.78 is 31.8. The Morgan fingerprint density at radius 2 is 1.76 bits per heavy atom. The summed E-state index contributed by atoms with van der Waals surface area (Å²) in [7, 11) is -1.85. The van der Waals surface area contributed by atoms with Crippen molar-refractivity contribution in [3.8, 4) is 0 Å². The summed E-state index contributed by atoms with van der Waals surface area (Å²) in [6, 6.07) is 11.6. The number of carbonyl (C=O) groups is 1. The number of aromatic nitrogens is 3. The molecule has 0 spiro atoms. The van der Waals surface area contributed by atoms with Crippen molar-refractivity contribution in [1.29, 1.82) is 0 Å². The van der Waals surface area contributed by atoms with Crippen molar-refractivity contribution < 1.29 is 13.2 Å². The first-order valence-electron chi connectivity index (χ1n) is 13.0. The molecular weight excluding hydrogens is 500 g/mol. The van der Waals surface area contributed by atoms with Crippen LogP contribution >= 0.6 is 0 Å². The van der Waals surface area contributed by atoms with E-state index in [0.717, 1.165) is 45.0 Å². The van der Waals surface area contributed by atoms with Crippen LogP contribution in [-0.4, -0.2) is 32.8 Å². The number of fused-ring (bicyclic) bond motifs is 2. The molecule has 204 valence electrons. The zero-order valence-corrected chi connectivity index (χ0v) is 24.1. The maximum absolute atomic E-state index is 14.0. The van der Waals surface area contributed by atoms with E-state index < -0.39 is 26.7 Å². The molecule has 1 atom stereocenters. The number of rotatable bonds is 8. The van der Waals surface area contributed by atoms with Crippen LogP contribution in [0.3, 0.4) is 0 Å². The Balaban J connectivity index is 1.81. The molecule has 38 heavy (non-hydrogen) atoms. The van der Waals surface area contributed by atoms with Gasteiger partial charge in [-0.15, -0.1) is 0 Å². The number of imidazole rings is 1. The van der Waals surface area contributed by atoms with E-state index in [1.54, 1.807) is 29.9 Å². The van der Waals surface area contributed by atoms with Gasteiger partial charge in [-0.1, -0.05) is 31.5 Å². The summed E-state index contributed by atoms with van der Waals surface area (Å²) in [4.78, 5) is 27.0. The van der Waals surface area contributed by atoms with Gasteiger partial charge in [-0.2, -0.15) is 0 Å². The number of carbonyl (C=O) groups excluding carboxylic acids is 1. The van der Waals surface area contributed by atoms with Gasteiger partial charge in [0.2, 0.25) is 15.9 Å². The number of sulfonamides is 1. The standard InChI is InChI=1S/C29H38N4O4S/c1-8-10-22(16-26(34)30-38(36,37)29(4,5)6)33-25-15-19(2)13-14-23(25)32(28(33)35)18-21-17-31(7)24-12-9-11-20(3)27(21)24/h9,11-15,17,22H,8,10,16,18H2,1-7H3,(H,30,34). The van der Waals surface area contributed by atoms with Gasteiger partial charge in [0, 0.05) is 36.6 Å². The average molecular weight is 539 g/mol. The Bertz CT molecular complexity index is 1680. The lowest BCUT2D eigenvalue weighted by Crippen LogP contribution is -2.43. The molecule has 2 aromatic carbocycles. The van der Waals surface area contributed by atoms with E-state index in [2.05, 4.69) is 34.5 Å². The van der Waals surface area contributed by atoms with Crippen molar-refractivity contribution in [1.82, 2.24) is 18.4 Å². The number of aryl methyl sites for hydroxylation is 3. The third-order valence-electron chi connectivity index (χ3n) is 7.21. The van der Waals surface area contributed by atoms with Crippen LogP contribution < -0.4 is 10.4 Å². The highest BCUT2D eigenvalue weighted by atomic mass is 32.2.